The summed E-state index contributed by atoms with van der Waals surface area (Å²) in [6.45, 7) is 1.98. The summed E-state index contributed by atoms with van der Waals surface area (Å²) in [6, 6.07) is 10.0. The van der Waals surface area contributed by atoms with E-state index >= 15 is 4.39 Å². The molecule has 37 heavy (non-hydrogen) atoms. The van der Waals surface area contributed by atoms with Crippen molar-refractivity contribution in [2.24, 2.45) is 0 Å². The summed E-state index contributed by atoms with van der Waals surface area (Å²) >= 11 is 0. The predicted molar refractivity (Wildman–Crippen MR) is 134 cm³/mol. The van der Waals surface area contributed by atoms with Gasteiger partial charge in [-0.15, -0.1) is 0 Å². The quantitative estimate of drug-likeness (QED) is 0.425. The minimum Gasteiger partial charge on any atom is -0.490 e. The molecule has 2 unspecified atom stereocenters. The molecule has 10 heteroatoms. The number of piperidine rings is 1. The van der Waals surface area contributed by atoms with Gasteiger partial charge in [-0.2, -0.15) is 15.2 Å². The molecule has 1 N–H and O–H groups in total. The zero-order chi connectivity index (χ0) is 25.5. The minimum absolute atomic E-state index is 0.0974. The van der Waals surface area contributed by atoms with E-state index in [1.54, 1.807) is 22.9 Å². The average molecular weight is 500 g/mol. The van der Waals surface area contributed by atoms with E-state index in [-0.39, 0.29) is 24.5 Å². The normalized spacial score (nSPS) is 20.6. The van der Waals surface area contributed by atoms with Crippen molar-refractivity contribution in [2.45, 2.75) is 57.3 Å². The van der Waals surface area contributed by atoms with Crippen LogP contribution in [0.4, 0.5) is 4.39 Å². The van der Waals surface area contributed by atoms with Crippen LogP contribution in [-0.4, -0.2) is 49.8 Å². The topological polar surface area (TPSA) is 111 Å². The van der Waals surface area contributed by atoms with Crippen molar-refractivity contribution in [2.75, 3.05) is 7.11 Å². The van der Waals surface area contributed by atoms with Gasteiger partial charge in [-0.1, -0.05) is 6.07 Å². The molecule has 0 radical (unpaired) electrons. The predicted octanol–water partition coefficient (Wildman–Crippen LogP) is 3.93. The Morgan fingerprint density at radius 1 is 1.14 bits per heavy atom. The fourth-order valence-corrected chi connectivity index (χ4v) is 5.39. The average Bonchev–Trinajstić information content (AvgIpc) is 3.44. The van der Waals surface area contributed by atoms with Crippen LogP contribution in [0.3, 0.4) is 0 Å². The first-order chi connectivity index (χ1) is 18.0. The number of hydrogen-bond donors (Lipinski definition) is 1. The Kier molecular flexibility index (Phi) is 5.93. The van der Waals surface area contributed by atoms with Gasteiger partial charge in [0.25, 0.3) is 0 Å². The number of halogens is 1. The number of methoxy groups -OCH3 is 1. The van der Waals surface area contributed by atoms with Crippen LogP contribution in [0.1, 0.15) is 42.5 Å². The van der Waals surface area contributed by atoms with Gasteiger partial charge in [0.15, 0.2) is 5.65 Å². The summed E-state index contributed by atoms with van der Waals surface area (Å²) in [5.41, 5.74) is 3.18. The van der Waals surface area contributed by atoms with E-state index in [9.17, 15) is 5.26 Å². The molecular formula is C27H26FN7O2. The first-order valence-corrected chi connectivity index (χ1v) is 12.4. The largest absolute Gasteiger partial charge is 0.490 e. The van der Waals surface area contributed by atoms with Crippen molar-refractivity contribution in [1.82, 2.24) is 29.8 Å². The van der Waals surface area contributed by atoms with Gasteiger partial charge in [0, 0.05) is 41.7 Å². The first kappa shape index (κ1) is 23.3. The number of nitrogens with zero attached hydrogens (tertiary/aromatic N) is 6. The van der Waals surface area contributed by atoms with Crippen molar-refractivity contribution in [3.8, 4) is 29.2 Å². The van der Waals surface area contributed by atoms with E-state index in [2.05, 4.69) is 26.3 Å². The van der Waals surface area contributed by atoms with Crippen LogP contribution in [0.25, 0.3) is 22.6 Å². The molecule has 9 nitrogen and oxygen atoms in total. The van der Waals surface area contributed by atoms with E-state index in [4.69, 9.17) is 14.5 Å². The van der Waals surface area contributed by atoms with E-state index < -0.39 is 0 Å². The molecule has 3 aromatic heterocycles. The highest BCUT2D eigenvalue weighted by molar-refractivity contribution is 5.79. The molecule has 2 saturated heterocycles. The smallest absolute Gasteiger partial charge is 0.318 e. The summed E-state index contributed by atoms with van der Waals surface area (Å²) in [7, 11) is 1.49. The summed E-state index contributed by atoms with van der Waals surface area (Å²) in [4.78, 5) is 17.8. The third kappa shape index (κ3) is 4.47. The number of imidazole rings is 1. The maximum atomic E-state index is 15.4. The lowest BCUT2D eigenvalue weighted by molar-refractivity contribution is 0.137. The molecule has 6 rings (SSSR count). The van der Waals surface area contributed by atoms with Gasteiger partial charge in [0.1, 0.15) is 35.1 Å². The summed E-state index contributed by atoms with van der Waals surface area (Å²) < 4.78 is 28.6. The van der Waals surface area contributed by atoms with Crippen molar-refractivity contribution in [3.05, 3.63) is 59.3 Å². The highest BCUT2D eigenvalue weighted by Gasteiger charge is 2.34. The zero-order valence-corrected chi connectivity index (χ0v) is 20.6. The number of nitrogens with one attached hydrogen (secondary N) is 1. The molecule has 1 aromatic carbocycles. The fraction of sp³-hybridized carbons (Fsp3) is 0.370. The second-order valence-corrected chi connectivity index (χ2v) is 9.67. The standard InChI is InChI=1S/C27H26FN7O2/c1-15-24-26(34-27(31-15)36-2)35(25(33-24)18-7-16(11-29)12-30-13-18)14-17-3-6-21(10-23(17)28)37-22-8-19-4-5-20(9-22)32-19/h3,6-7,10,12-13,19-20,22,32H,4-5,8-9,14H2,1-2H3. The van der Waals surface area contributed by atoms with Gasteiger partial charge in [-0.25, -0.2) is 9.37 Å². The first-order valence-electron chi connectivity index (χ1n) is 12.4. The van der Waals surface area contributed by atoms with Crippen LogP contribution in [0.15, 0.2) is 36.7 Å². The zero-order valence-electron chi connectivity index (χ0n) is 20.6. The number of hydrogen-bond acceptors (Lipinski definition) is 8. The second kappa shape index (κ2) is 9.41. The lowest BCUT2D eigenvalue weighted by atomic mass is 10.0. The van der Waals surface area contributed by atoms with Crippen LogP contribution < -0.4 is 14.8 Å². The molecule has 2 bridgehead atoms. The van der Waals surface area contributed by atoms with E-state index in [0.29, 0.717) is 57.2 Å². The van der Waals surface area contributed by atoms with Crippen molar-refractivity contribution in [1.29, 1.82) is 5.26 Å². The number of aryl methyl sites for hydroxylation is 1. The van der Waals surface area contributed by atoms with Crippen LogP contribution in [0, 0.1) is 24.1 Å². The lowest BCUT2D eigenvalue weighted by Gasteiger charge is -2.29. The number of ether oxygens (including phenoxy) is 2. The lowest BCUT2D eigenvalue weighted by Crippen LogP contribution is -2.42. The van der Waals surface area contributed by atoms with Gasteiger partial charge >= 0.3 is 6.01 Å². The molecule has 5 heterocycles. The molecular weight excluding hydrogens is 473 g/mol. The summed E-state index contributed by atoms with van der Waals surface area (Å²) in [6.07, 6.45) is 7.45. The SMILES string of the molecule is COc1nc(C)c2nc(-c3cncc(C#N)c3)n(Cc3ccc(OC4CC5CCC(C4)N5)cc3F)c2n1. The minimum atomic E-state index is -0.371. The van der Waals surface area contributed by atoms with Gasteiger partial charge in [0.2, 0.25) is 0 Å². The highest BCUT2D eigenvalue weighted by atomic mass is 19.1. The highest BCUT2D eigenvalue weighted by Crippen LogP contribution is 2.31. The Balaban J connectivity index is 1.36. The van der Waals surface area contributed by atoms with Crippen molar-refractivity contribution < 1.29 is 13.9 Å². The van der Waals surface area contributed by atoms with E-state index in [0.717, 1.165) is 12.8 Å². The van der Waals surface area contributed by atoms with Gasteiger partial charge in [-0.3, -0.25) is 4.98 Å². The Bertz CT molecular complexity index is 1520. The fourth-order valence-electron chi connectivity index (χ4n) is 5.39. The number of fused-ring (bicyclic) bond motifs is 3. The van der Waals surface area contributed by atoms with Crippen molar-refractivity contribution >= 4 is 11.2 Å². The Morgan fingerprint density at radius 2 is 1.95 bits per heavy atom. The second-order valence-electron chi connectivity index (χ2n) is 9.67. The number of nitriles is 1. The van der Waals surface area contributed by atoms with Crippen LogP contribution >= 0.6 is 0 Å². The molecule has 4 aromatic rings. The third-order valence-electron chi connectivity index (χ3n) is 7.14. The monoisotopic (exact) mass is 499 g/mol. The maximum absolute atomic E-state index is 15.4. The Labute approximate surface area is 213 Å². The summed E-state index contributed by atoms with van der Waals surface area (Å²) in [5, 5.41) is 13.0. The van der Waals surface area contributed by atoms with Crippen molar-refractivity contribution in [3.63, 3.8) is 0 Å². The van der Waals surface area contributed by atoms with E-state index in [1.165, 1.54) is 32.2 Å². The molecule has 188 valence electrons. The Hall–Kier alpha value is -4.10. The van der Waals surface area contributed by atoms with E-state index in [1.807, 2.05) is 13.0 Å². The van der Waals surface area contributed by atoms with Gasteiger partial charge < -0.3 is 19.4 Å². The molecule has 2 aliphatic rings. The number of pyridine rings is 1. The molecule has 2 aliphatic heterocycles. The molecule has 0 saturated carbocycles. The third-order valence-corrected chi connectivity index (χ3v) is 7.14. The molecule has 0 amide bonds. The number of aromatic nitrogens is 5. The maximum Gasteiger partial charge on any atom is 0.318 e. The van der Waals surface area contributed by atoms with Crippen LogP contribution in [0.2, 0.25) is 0 Å². The molecule has 0 aliphatic carbocycles. The molecule has 0 spiro atoms. The van der Waals surface area contributed by atoms with Gasteiger partial charge in [0.05, 0.1) is 24.9 Å². The molecule has 2 atom stereocenters. The molecule has 2 fully saturated rings. The van der Waals surface area contributed by atoms with Crippen LogP contribution in [-0.2, 0) is 6.54 Å². The van der Waals surface area contributed by atoms with Gasteiger partial charge in [-0.05, 0) is 44.7 Å². The van der Waals surface area contributed by atoms with Crippen LogP contribution in [0.5, 0.6) is 11.8 Å². The summed E-state index contributed by atoms with van der Waals surface area (Å²) in [5.74, 6) is 0.674. The number of rotatable bonds is 6. The Morgan fingerprint density at radius 3 is 2.68 bits per heavy atom. The number of benzene rings is 1.